The van der Waals surface area contributed by atoms with Crippen molar-refractivity contribution in [3.63, 3.8) is 0 Å². The summed E-state index contributed by atoms with van der Waals surface area (Å²) in [6.07, 6.45) is -4.02. The number of hydrogen-bond donors (Lipinski definition) is 0. The fraction of sp³-hybridized carbons (Fsp3) is 0.750. The minimum absolute atomic E-state index is 0.117. The number of carbonyl (C=O) groups is 3. The maximum atomic E-state index is 12.2. The van der Waals surface area contributed by atoms with E-state index in [2.05, 4.69) is 0 Å². The second-order valence-electron chi connectivity index (χ2n) is 5.15. The molecule has 2 aliphatic rings. The number of halogens is 3. The minimum atomic E-state index is -4.25. The van der Waals surface area contributed by atoms with Crippen molar-refractivity contribution in [2.24, 2.45) is 0 Å². The first-order valence-corrected chi connectivity index (χ1v) is 6.66. The Balaban J connectivity index is 1.81. The molecule has 0 radical (unpaired) electrons. The van der Waals surface area contributed by atoms with E-state index in [-0.39, 0.29) is 57.4 Å². The Morgan fingerprint density at radius 1 is 1.00 bits per heavy atom. The Kier molecular flexibility index (Phi) is 4.50. The number of piperazine rings is 1. The van der Waals surface area contributed by atoms with E-state index in [1.54, 1.807) is 0 Å². The lowest BCUT2D eigenvalue weighted by atomic mass is 10.3. The highest BCUT2D eigenvalue weighted by Gasteiger charge is 2.35. The molecule has 0 unspecified atom stereocenters. The van der Waals surface area contributed by atoms with Gasteiger partial charge in [0.2, 0.25) is 17.7 Å². The summed E-state index contributed by atoms with van der Waals surface area (Å²) in [7, 11) is 0. The lowest BCUT2D eigenvalue weighted by Gasteiger charge is -2.35. The monoisotopic (exact) mass is 307 g/mol. The predicted octanol–water partition coefficient (Wildman–Crippen LogP) is -0.158. The van der Waals surface area contributed by atoms with Crippen molar-refractivity contribution in [1.29, 1.82) is 0 Å². The summed E-state index contributed by atoms with van der Waals surface area (Å²) < 4.78 is 36.7. The van der Waals surface area contributed by atoms with Gasteiger partial charge in [-0.25, -0.2) is 0 Å². The third kappa shape index (κ3) is 4.16. The summed E-state index contributed by atoms with van der Waals surface area (Å²) in [5.41, 5.74) is 0. The highest BCUT2D eigenvalue weighted by atomic mass is 19.4. The number of carbonyl (C=O) groups excluding carboxylic acids is 3. The number of imide groups is 1. The summed E-state index contributed by atoms with van der Waals surface area (Å²) in [6.45, 7) is -0.689. The van der Waals surface area contributed by atoms with E-state index in [9.17, 15) is 27.6 Å². The van der Waals surface area contributed by atoms with E-state index >= 15 is 0 Å². The first-order valence-electron chi connectivity index (χ1n) is 6.66. The molecule has 118 valence electrons. The molecule has 9 heteroatoms. The fourth-order valence-corrected chi connectivity index (χ4v) is 2.44. The molecule has 0 spiro atoms. The number of hydrogen-bond acceptors (Lipinski definition) is 4. The highest BCUT2D eigenvalue weighted by Crippen LogP contribution is 2.18. The normalized spacial score (nSPS) is 21.3. The molecule has 3 amide bonds. The average Bonchev–Trinajstić information content (AvgIpc) is 2.69. The van der Waals surface area contributed by atoms with Gasteiger partial charge in [0.15, 0.2) is 0 Å². The molecule has 0 aromatic rings. The first kappa shape index (κ1) is 15.7. The lowest BCUT2D eigenvalue weighted by molar-refractivity contribution is -0.154. The minimum Gasteiger partial charge on any atom is -0.339 e. The van der Waals surface area contributed by atoms with Crippen LogP contribution >= 0.6 is 0 Å². The lowest BCUT2D eigenvalue weighted by Crippen LogP contribution is -2.53. The second-order valence-corrected chi connectivity index (χ2v) is 5.15. The molecule has 2 fully saturated rings. The van der Waals surface area contributed by atoms with E-state index in [1.165, 1.54) is 9.80 Å². The second kappa shape index (κ2) is 6.00. The zero-order valence-electron chi connectivity index (χ0n) is 11.4. The van der Waals surface area contributed by atoms with Gasteiger partial charge in [0.1, 0.15) is 6.54 Å². The molecule has 6 nitrogen and oxygen atoms in total. The van der Waals surface area contributed by atoms with Crippen molar-refractivity contribution in [1.82, 2.24) is 14.7 Å². The number of nitrogens with zero attached hydrogens (tertiary/aromatic N) is 3. The smallest absolute Gasteiger partial charge is 0.339 e. The molecule has 0 atom stereocenters. The van der Waals surface area contributed by atoms with Gasteiger partial charge in [-0.05, 0) is 0 Å². The number of alkyl halides is 3. The van der Waals surface area contributed by atoms with Gasteiger partial charge in [0.05, 0.1) is 6.54 Å². The fourth-order valence-electron chi connectivity index (χ4n) is 2.44. The van der Waals surface area contributed by atoms with Gasteiger partial charge in [-0.15, -0.1) is 0 Å². The molecule has 0 aromatic carbocycles. The predicted molar refractivity (Wildman–Crippen MR) is 65.0 cm³/mol. The van der Waals surface area contributed by atoms with Gasteiger partial charge in [-0.3, -0.25) is 24.2 Å². The standard InChI is InChI=1S/C12H16F3N3O3/c13-12(14,15)8-16-3-5-17(6-4-16)11(21)7-18-9(19)1-2-10(18)20/h1-8H2. The Morgan fingerprint density at radius 2 is 1.52 bits per heavy atom. The van der Waals surface area contributed by atoms with E-state index in [4.69, 9.17) is 0 Å². The molecule has 2 saturated heterocycles. The van der Waals surface area contributed by atoms with Gasteiger partial charge >= 0.3 is 6.18 Å². The molecule has 2 heterocycles. The molecule has 0 aliphatic carbocycles. The van der Waals surface area contributed by atoms with Gasteiger partial charge in [-0.2, -0.15) is 13.2 Å². The van der Waals surface area contributed by atoms with Crippen molar-refractivity contribution in [3.05, 3.63) is 0 Å². The van der Waals surface area contributed by atoms with Crippen LogP contribution in [0.3, 0.4) is 0 Å². The van der Waals surface area contributed by atoms with Crippen LogP contribution in [0, 0.1) is 0 Å². The molecule has 2 aliphatic heterocycles. The van der Waals surface area contributed by atoms with Crippen molar-refractivity contribution < 1.29 is 27.6 Å². The van der Waals surface area contributed by atoms with Crippen LogP contribution in [-0.2, 0) is 14.4 Å². The third-order valence-corrected chi connectivity index (χ3v) is 3.58. The van der Waals surface area contributed by atoms with Crippen LogP contribution in [-0.4, -0.2) is 77.9 Å². The summed E-state index contributed by atoms with van der Waals surface area (Å²) >= 11 is 0. The number of amides is 3. The highest BCUT2D eigenvalue weighted by molar-refractivity contribution is 6.04. The Morgan fingerprint density at radius 3 is 2.00 bits per heavy atom. The van der Waals surface area contributed by atoms with Crippen molar-refractivity contribution >= 4 is 17.7 Å². The van der Waals surface area contributed by atoms with Gasteiger partial charge < -0.3 is 4.90 Å². The third-order valence-electron chi connectivity index (χ3n) is 3.58. The largest absolute Gasteiger partial charge is 0.401 e. The van der Waals surface area contributed by atoms with Crippen LogP contribution in [0.15, 0.2) is 0 Å². The molecular weight excluding hydrogens is 291 g/mol. The van der Waals surface area contributed by atoms with Crippen LogP contribution in [0.1, 0.15) is 12.8 Å². The topological polar surface area (TPSA) is 60.9 Å². The summed E-state index contributed by atoms with van der Waals surface area (Å²) in [4.78, 5) is 38.3. The van der Waals surface area contributed by atoms with Crippen LogP contribution in [0.2, 0.25) is 0 Å². The Hall–Kier alpha value is -1.64. The zero-order valence-corrected chi connectivity index (χ0v) is 11.4. The average molecular weight is 307 g/mol. The molecule has 0 aromatic heterocycles. The van der Waals surface area contributed by atoms with Crippen LogP contribution in [0.4, 0.5) is 13.2 Å². The molecule has 0 bridgehead atoms. The van der Waals surface area contributed by atoms with Crippen molar-refractivity contribution in [2.75, 3.05) is 39.3 Å². The van der Waals surface area contributed by atoms with Crippen LogP contribution in [0.25, 0.3) is 0 Å². The van der Waals surface area contributed by atoms with Crippen LogP contribution < -0.4 is 0 Å². The number of rotatable bonds is 3. The zero-order chi connectivity index (χ0) is 15.6. The maximum Gasteiger partial charge on any atom is 0.401 e. The summed E-state index contributed by atoms with van der Waals surface area (Å²) in [5.74, 6) is -1.14. The van der Waals surface area contributed by atoms with Crippen molar-refractivity contribution in [2.45, 2.75) is 19.0 Å². The van der Waals surface area contributed by atoms with Gasteiger partial charge in [-0.1, -0.05) is 0 Å². The molecule has 0 saturated carbocycles. The van der Waals surface area contributed by atoms with Crippen molar-refractivity contribution in [3.8, 4) is 0 Å². The molecular formula is C12H16F3N3O3. The van der Waals surface area contributed by atoms with E-state index in [1.807, 2.05) is 0 Å². The van der Waals surface area contributed by atoms with Crippen LogP contribution in [0.5, 0.6) is 0 Å². The number of likely N-dealkylation sites (tertiary alicyclic amines) is 1. The van der Waals surface area contributed by atoms with Gasteiger partial charge in [0, 0.05) is 39.0 Å². The molecule has 21 heavy (non-hydrogen) atoms. The summed E-state index contributed by atoms with van der Waals surface area (Å²) in [6, 6.07) is 0. The Labute approximate surface area is 119 Å². The SMILES string of the molecule is O=C(CN1C(=O)CCC1=O)N1CCN(CC(F)(F)F)CC1. The maximum absolute atomic E-state index is 12.2. The summed E-state index contributed by atoms with van der Waals surface area (Å²) in [5, 5.41) is 0. The van der Waals surface area contributed by atoms with Gasteiger partial charge in [0.25, 0.3) is 0 Å². The van der Waals surface area contributed by atoms with E-state index in [0.29, 0.717) is 0 Å². The molecule has 0 N–H and O–H groups in total. The van der Waals surface area contributed by atoms with E-state index in [0.717, 1.165) is 4.90 Å². The van der Waals surface area contributed by atoms with E-state index < -0.39 is 18.6 Å². The quantitative estimate of drug-likeness (QED) is 0.680. The first-order chi connectivity index (χ1) is 9.76. The Bertz CT molecular complexity index is 429. The molecule has 2 rings (SSSR count).